The Kier molecular flexibility index (Phi) is 5.03. The molecule has 0 aliphatic carbocycles. The molecule has 2 N–H and O–H groups in total. The maximum Gasteiger partial charge on any atom is 0.241 e. The molecule has 1 aromatic heterocycles. The highest BCUT2D eigenvalue weighted by Crippen LogP contribution is 2.20. The molecule has 2 aromatic rings. The summed E-state index contributed by atoms with van der Waals surface area (Å²) in [5.41, 5.74) is 3.43. The van der Waals surface area contributed by atoms with Crippen molar-refractivity contribution in [1.82, 2.24) is 15.1 Å². The Morgan fingerprint density at radius 3 is 2.40 bits per heavy atom. The third-order valence-electron chi connectivity index (χ3n) is 4.81. The van der Waals surface area contributed by atoms with Gasteiger partial charge in [-0.25, -0.2) is 4.39 Å². The van der Waals surface area contributed by atoms with Crippen LogP contribution >= 0.6 is 0 Å². The van der Waals surface area contributed by atoms with Crippen molar-refractivity contribution < 1.29 is 9.18 Å². The highest BCUT2D eigenvalue weighted by Gasteiger charge is 2.26. The van der Waals surface area contributed by atoms with E-state index in [1.807, 2.05) is 20.8 Å². The lowest BCUT2D eigenvalue weighted by Gasteiger charge is -2.38. The zero-order valence-electron chi connectivity index (χ0n) is 14.8. The van der Waals surface area contributed by atoms with E-state index in [9.17, 15) is 9.18 Å². The van der Waals surface area contributed by atoms with Crippen molar-refractivity contribution in [1.29, 1.82) is 0 Å². The molecule has 0 saturated carbocycles. The van der Waals surface area contributed by atoms with Crippen molar-refractivity contribution in [2.45, 2.75) is 26.8 Å². The van der Waals surface area contributed by atoms with E-state index >= 15 is 0 Å². The van der Waals surface area contributed by atoms with Crippen LogP contribution in [0.2, 0.25) is 0 Å². The van der Waals surface area contributed by atoms with Crippen LogP contribution in [0, 0.1) is 19.7 Å². The van der Waals surface area contributed by atoms with Gasteiger partial charge in [0.1, 0.15) is 5.82 Å². The van der Waals surface area contributed by atoms with Gasteiger partial charge in [0.25, 0.3) is 0 Å². The number of hydrogen-bond acceptors (Lipinski definition) is 4. The summed E-state index contributed by atoms with van der Waals surface area (Å²) in [7, 11) is 0. The van der Waals surface area contributed by atoms with E-state index in [0.717, 1.165) is 48.9 Å². The summed E-state index contributed by atoms with van der Waals surface area (Å²) < 4.78 is 13.0. The van der Waals surface area contributed by atoms with Gasteiger partial charge in [-0.15, -0.1) is 0 Å². The monoisotopic (exact) mass is 345 g/mol. The number of aromatic nitrogens is 2. The average Bonchev–Trinajstić information content (AvgIpc) is 2.94. The first-order valence-corrected chi connectivity index (χ1v) is 8.52. The second-order valence-corrected chi connectivity index (χ2v) is 6.47. The quantitative estimate of drug-likeness (QED) is 0.893. The van der Waals surface area contributed by atoms with Gasteiger partial charge in [-0.05, 0) is 45.0 Å². The summed E-state index contributed by atoms with van der Waals surface area (Å²) in [6.07, 6.45) is 0. The molecule has 134 valence electrons. The molecule has 0 bridgehead atoms. The number of nitrogens with zero attached hydrogens (tertiary/aromatic N) is 3. The molecule has 2 heterocycles. The van der Waals surface area contributed by atoms with Gasteiger partial charge in [-0.1, -0.05) is 0 Å². The number of rotatable bonds is 4. The van der Waals surface area contributed by atoms with Crippen LogP contribution in [-0.4, -0.2) is 53.2 Å². The van der Waals surface area contributed by atoms with E-state index in [1.54, 1.807) is 12.1 Å². The van der Waals surface area contributed by atoms with Gasteiger partial charge in [0.15, 0.2) is 0 Å². The molecule has 1 saturated heterocycles. The Morgan fingerprint density at radius 1 is 1.20 bits per heavy atom. The predicted octanol–water partition coefficient (Wildman–Crippen LogP) is 2.31. The predicted molar refractivity (Wildman–Crippen MR) is 96.3 cm³/mol. The minimum Gasteiger partial charge on any atom is -0.369 e. The molecule has 1 fully saturated rings. The number of aromatic amines is 1. The fourth-order valence-corrected chi connectivity index (χ4v) is 3.15. The summed E-state index contributed by atoms with van der Waals surface area (Å²) in [5.74, 6) is -0.250. The highest BCUT2D eigenvalue weighted by molar-refractivity contribution is 5.95. The van der Waals surface area contributed by atoms with Crippen molar-refractivity contribution in [3.63, 3.8) is 0 Å². The standard InChI is InChI=1S/C18H24FN5O/c1-12-17(13(2)22-21-12)20-18(25)14(3)23-8-10-24(11-9-23)16-6-4-15(19)5-7-16/h4-7,14H,8-11H2,1-3H3,(H,20,25)(H,21,22). The molecule has 7 heteroatoms. The SMILES string of the molecule is Cc1n[nH]c(C)c1NC(=O)C(C)N1CCN(c2ccc(F)cc2)CC1. The van der Waals surface area contributed by atoms with Crippen molar-refractivity contribution in [2.24, 2.45) is 0 Å². The van der Waals surface area contributed by atoms with Crippen LogP contribution in [0.4, 0.5) is 15.8 Å². The number of H-pyrrole nitrogens is 1. The lowest BCUT2D eigenvalue weighted by molar-refractivity contribution is -0.120. The molecule has 1 aliphatic heterocycles. The Labute approximate surface area is 147 Å². The summed E-state index contributed by atoms with van der Waals surface area (Å²) in [4.78, 5) is 16.9. The summed E-state index contributed by atoms with van der Waals surface area (Å²) in [6, 6.07) is 6.34. The molecule has 25 heavy (non-hydrogen) atoms. The molecule has 1 atom stereocenters. The van der Waals surface area contributed by atoms with Gasteiger partial charge < -0.3 is 10.2 Å². The number of hydrogen-bond donors (Lipinski definition) is 2. The van der Waals surface area contributed by atoms with Crippen LogP contribution < -0.4 is 10.2 Å². The molecule has 6 nitrogen and oxygen atoms in total. The van der Waals surface area contributed by atoms with E-state index in [4.69, 9.17) is 0 Å². The third-order valence-corrected chi connectivity index (χ3v) is 4.81. The molecular formula is C18H24FN5O. The summed E-state index contributed by atoms with van der Waals surface area (Å²) in [5, 5.41) is 9.96. The smallest absolute Gasteiger partial charge is 0.241 e. The van der Waals surface area contributed by atoms with Gasteiger partial charge in [0.05, 0.1) is 23.1 Å². The third kappa shape index (κ3) is 3.82. The van der Waals surface area contributed by atoms with Crippen LogP contribution in [0.15, 0.2) is 24.3 Å². The van der Waals surface area contributed by atoms with Gasteiger partial charge in [0, 0.05) is 31.9 Å². The molecular weight excluding hydrogens is 321 g/mol. The Balaban J connectivity index is 1.56. The van der Waals surface area contributed by atoms with E-state index < -0.39 is 0 Å². The number of anilines is 2. The zero-order valence-corrected chi connectivity index (χ0v) is 14.8. The molecule has 1 aromatic carbocycles. The number of carbonyl (C=O) groups excluding carboxylic acids is 1. The minimum atomic E-state index is -0.225. The molecule has 0 spiro atoms. The number of piperazine rings is 1. The number of benzene rings is 1. The van der Waals surface area contributed by atoms with E-state index in [-0.39, 0.29) is 17.8 Å². The van der Waals surface area contributed by atoms with Gasteiger partial charge >= 0.3 is 0 Å². The topological polar surface area (TPSA) is 64.3 Å². The second kappa shape index (κ2) is 7.23. The van der Waals surface area contributed by atoms with Gasteiger partial charge in [-0.2, -0.15) is 5.10 Å². The number of amides is 1. The lowest BCUT2D eigenvalue weighted by atomic mass is 10.2. The molecule has 1 aliphatic rings. The molecule has 3 rings (SSSR count). The van der Waals surface area contributed by atoms with Crippen LogP contribution in [0.5, 0.6) is 0 Å². The normalized spacial score (nSPS) is 16.7. The molecule has 0 radical (unpaired) electrons. The Morgan fingerprint density at radius 2 is 1.84 bits per heavy atom. The van der Waals surface area contributed by atoms with Crippen LogP contribution in [0.25, 0.3) is 0 Å². The van der Waals surface area contributed by atoms with Crippen LogP contribution in [0.3, 0.4) is 0 Å². The Hall–Kier alpha value is -2.41. The van der Waals surface area contributed by atoms with Crippen molar-refractivity contribution in [3.05, 3.63) is 41.5 Å². The average molecular weight is 345 g/mol. The first-order valence-electron chi connectivity index (χ1n) is 8.52. The summed E-state index contributed by atoms with van der Waals surface area (Å²) >= 11 is 0. The Bertz CT molecular complexity index is 715. The fourth-order valence-electron chi connectivity index (χ4n) is 3.15. The first-order chi connectivity index (χ1) is 12.0. The van der Waals surface area contributed by atoms with Crippen molar-refractivity contribution in [2.75, 3.05) is 36.4 Å². The molecule has 1 unspecified atom stereocenters. The maximum atomic E-state index is 13.0. The van der Waals surface area contributed by atoms with Gasteiger partial charge in [0.2, 0.25) is 5.91 Å². The largest absolute Gasteiger partial charge is 0.369 e. The van der Waals surface area contributed by atoms with Crippen molar-refractivity contribution in [3.8, 4) is 0 Å². The zero-order chi connectivity index (χ0) is 18.0. The van der Waals surface area contributed by atoms with E-state index in [2.05, 4.69) is 25.3 Å². The summed E-state index contributed by atoms with van der Waals surface area (Å²) in [6.45, 7) is 8.88. The van der Waals surface area contributed by atoms with E-state index in [0.29, 0.717) is 0 Å². The second-order valence-electron chi connectivity index (χ2n) is 6.47. The van der Waals surface area contributed by atoms with E-state index in [1.165, 1.54) is 12.1 Å². The lowest BCUT2D eigenvalue weighted by Crippen LogP contribution is -2.52. The highest BCUT2D eigenvalue weighted by atomic mass is 19.1. The van der Waals surface area contributed by atoms with Crippen LogP contribution in [-0.2, 0) is 4.79 Å². The van der Waals surface area contributed by atoms with Gasteiger partial charge in [-0.3, -0.25) is 14.8 Å². The minimum absolute atomic E-state index is 0.0252. The first kappa shape index (κ1) is 17.4. The van der Waals surface area contributed by atoms with Crippen molar-refractivity contribution >= 4 is 17.3 Å². The number of nitrogens with one attached hydrogen (secondary N) is 2. The molecule has 1 amide bonds. The number of aryl methyl sites for hydroxylation is 2. The maximum absolute atomic E-state index is 13.0. The van der Waals surface area contributed by atoms with Crippen LogP contribution in [0.1, 0.15) is 18.3 Å². The number of carbonyl (C=O) groups is 1. The fraction of sp³-hybridized carbons (Fsp3) is 0.444. The number of halogens is 1.